The maximum absolute atomic E-state index is 12.2. The molecule has 0 bridgehead atoms. The maximum Gasteiger partial charge on any atom is 0.240 e. The summed E-state index contributed by atoms with van der Waals surface area (Å²) in [5, 5.41) is 3.37. The van der Waals surface area contributed by atoms with Gasteiger partial charge in [0, 0.05) is 12.6 Å². The van der Waals surface area contributed by atoms with Crippen LogP contribution in [0.25, 0.3) is 0 Å². The van der Waals surface area contributed by atoms with Gasteiger partial charge in [0.05, 0.1) is 4.90 Å². The number of benzene rings is 1. The summed E-state index contributed by atoms with van der Waals surface area (Å²) >= 11 is 0. The molecular formula is C14H22N2O2S. The average Bonchev–Trinajstić information content (AvgIpc) is 2.80. The van der Waals surface area contributed by atoms with Crippen molar-refractivity contribution in [3.05, 3.63) is 29.3 Å². The highest BCUT2D eigenvalue weighted by Gasteiger charge is 2.17. The van der Waals surface area contributed by atoms with Crippen LogP contribution in [0.15, 0.2) is 23.1 Å². The Bertz CT molecular complexity index is 514. The third kappa shape index (κ3) is 4.03. The summed E-state index contributed by atoms with van der Waals surface area (Å²) in [5.41, 5.74) is 1.94. The van der Waals surface area contributed by atoms with Crippen molar-refractivity contribution in [2.24, 2.45) is 0 Å². The number of nitrogens with one attached hydrogen (secondary N) is 2. The van der Waals surface area contributed by atoms with Gasteiger partial charge >= 0.3 is 0 Å². The van der Waals surface area contributed by atoms with E-state index in [-0.39, 0.29) is 0 Å². The first-order valence-electron chi connectivity index (χ1n) is 6.79. The third-order valence-electron chi connectivity index (χ3n) is 3.45. The van der Waals surface area contributed by atoms with E-state index < -0.39 is 10.0 Å². The van der Waals surface area contributed by atoms with Crippen molar-refractivity contribution < 1.29 is 8.42 Å². The van der Waals surface area contributed by atoms with Crippen molar-refractivity contribution in [1.82, 2.24) is 10.0 Å². The number of sulfonamides is 1. The molecular weight excluding hydrogens is 260 g/mol. The van der Waals surface area contributed by atoms with Gasteiger partial charge in [-0.3, -0.25) is 0 Å². The van der Waals surface area contributed by atoms with E-state index in [4.69, 9.17) is 0 Å². The fourth-order valence-corrected chi connectivity index (χ4v) is 3.78. The monoisotopic (exact) mass is 282 g/mol. The van der Waals surface area contributed by atoms with Crippen LogP contribution in [0.1, 0.15) is 30.4 Å². The molecule has 1 aliphatic rings. The van der Waals surface area contributed by atoms with Crippen LogP contribution in [0, 0.1) is 13.8 Å². The largest absolute Gasteiger partial charge is 0.314 e. The standard InChI is InChI=1S/C14H22N2O2S/c1-11-8-12(2)10-14(9-11)19(17,18)16-7-5-13-4-3-6-15-13/h8-10,13,15-16H,3-7H2,1-2H3/t13-/m1/s1. The normalized spacial score (nSPS) is 19.8. The zero-order valence-corrected chi connectivity index (χ0v) is 12.4. The fourth-order valence-electron chi connectivity index (χ4n) is 2.54. The highest BCUT2D eigenvalue weighted by molar-refractivity contribution is 7.89. The highest BCUT2D eigenvalue weighted by Crippen LogP contribution is 2.14. The molecule has 0 spiro atoms. The molecule has 0 amide bonds. The molecule has 1 aliphatic heterocycles. The van der Waals surface area contributed by atoms with Crippen LogP contribution >= 0.6 is 0 Å². The molecule has 0 radical (unpaired) electrons. The van der Waals surface area contributed by atoms with Gasteiger partial charge in [-0.05, 0) is 62.9 Å². The zero-order chi connectivity index (χ0) is 13.9. The average molecular weight is 282 g/mol. The molecule has 2 rings (SSSR count). The quantitative estimate of drug-likeness (QED) is 0.864. The second-order valence-corrected chi connectivity index (χ2v) is 7.07. The van der Waals surface area contributed by atoms with Crippen molar-refractivity contribution in [1.29, 1.82) is 0 Å². The molecule has 1 aromatic carbocycles. The minimum absolute atomic E-state index is 0.365. The molecule has 0 saturated carbocycles. The molecule has 106 valence electrons. The van der Waals surface area contributed by atoms with Crippen LogP contribution < -0.4 is 10.0 Å². The van der Waals surface area contributed by atoms with Crippen LogP contribution in [0.5, 0.6) is 0 Å². The summed E-state index contributed by atoms with van der Waals surface area (Å²) in [4.78, 5) is 0.365. The molecule has 0 aromatic heterocycles. The van der Waals surface area contributed by atoms with Gasteiger partial charge in [-0.2, -0.15) is 0 Å². The van der Waals surface area contributed by atoms with Gasteiger partial charge in [-0.25, -0.2) is 13.1 Å². The second-order valence-electron chi connectivity index (χ2n) is 5.30. The van der Waals surface area contributed by atoms with Gasteiger partial charge in [0.2, 0.25) is 10.0 Å². The molecule has 1 aromatic rings. The van der Waals surface area contributed by atoms with Crippen LogP contribution in [0.4, 0.5) is 0 Å². The highest BCUT2D eigenvalue weighted by atomic mass is 32.2. The van der Waals surface area contributed by atoms with E-state index in [2.05, 4.69) is 10.0 Å². The first-order chi connectivity index (χ1) is 8.97. The predicted molar refractivity (Wildman–Crippen MR) is 76.7 cm³/mol. The second kappa shape index (κ2) is 6.03. The summed E-state index contributed by atoms with van der Waals surface area (Å²) in [6.45, 7) is 5.37. The topological polar surface area (TPSA) is 58.2 Å². The van der Waals surface area contributed by atoms with E-state index in [1.165, 1.54) is 6.42 Å². The Morgan fingerprint density at radius 2 is 1.95 bits per heavy atom. The van der Waals surface area contributed by atoms with Crippen molar-refractivity contribution >= 4 is 10.0 Å². The van der Waals surface area contributed by atoms with Gasteiger partial charge in [-0.15, -0.1) is 0 Å². The van der Waals surface area contributed by atoms with Crippen molar-refractivity contribution in [2.75, 3.05) is 13.1 Å². The van der Waals surface area contributed by atoms with E-state index in [1.54, 1.807) is 12.1 Å². The molecule has 19 heavy (non-hydrogen) atoms. The third-order valence-corrected chi connectivity index (χ3v) is 4.89. The molecule has 0 unspecified atom stereocenters. The Hall–Kier alpha value is -0.910. The number of rotatable bonds is 5. The summed E-state index contributed by atoms with van der Waals surface area (Å²) in [7, 11) is -3.37. The van der Waals surface area contributed by atoms with Crippen LogP contribution in [0.2, 0.25) is 0 Å². The fraction of sp³-hybridized carbons (Fsp3) is 0.571. The van der Waals surface area contributed by atoms with Crippen molar-refractivity contribution in [2.45, 2.75) is 44.0 Å². The van der Waals surface area contributed by atoms with Gasteiger partial charge < -0.3 is 5.32 Å². The molecule has 0 aliphatic carbocycles. The molecule has 5 heteroatoms. The Labute approximate surface area is 115 Å². The van der Waals surface area contributed by atoms with Gasteiger partial charge in [0.15, 0.2) is 0 Å². The lowest BCUT2D eigenvalue weighted by atomic mass is 10.2. The van der Waals surface area contributed by atoms with E-state index in [0.29, 0.717) is 17.5 Å². The van der Waals surface area contributed by atoms with Crippen LogP contribution in [0.3, 0.4) is 0 Å². The Balaban J connectivity index is 1.97. The lowest BCUT2D eigenvalue weighted by Gasteiger charge is -2.12. The van der Waals surface area contributed by atoms with E-state index in [0.717, 1.165) is 30.5 Å². The molecule has 2 N–H and O–H groups in total. The molecule has 1 saturated heterocycles. The van der Waals surface area contributed by atoms with Gasteiger partial charge in [0.25, 0.3) is 0 Å². The number of aryl methyl sites for hydroxylation is 2. The lowest BCUT2D eigenvalue weighted by molar-refractivity contribution is 0.539. The van der Waals surface area contributed by atoms with Crippen molar-refractivity contribution in [3.8, 4) is 0 Å². The molecule has 1 heterocycles. The Morgan fingerprint density at radius 3 is 2.53 bits per heavy atom. The minimum atomic E-state index is -3.37. The van der Waals surface area contributed by atoms with E-state index in [1.807, 2.05) is 19.9 Å². The summed E-state index contributed by atoms with van der Waals surface area (Å²) < 4.78 is 27.0. The summed E-state index contributed by atoms with van der Waals surface area (Å²) in [6, 6.07) is 5.86. The summed E-state index contributed by atoms with van der Waals surface area (Å²) in [5.74, 6) is 0. The SMILES string of the molecule is Cc1cc(C)cc(S(=O)(=O)NCC[C@H]2CCCN2)c1. The number of hydrogen-bond acceptors (Lipinski definition) is 3. The van der Waals surface area contributed by atoms with E-state index >= 15 is 0 Å². The molecule has 1 atom stereocenters. The van der Waals surface area contributed by atoms with Gasteiger partial charge in [0.1, 0.15) is 0 Å². The Morgan fingerprint density at radius 1 is 1.26 bits per heavy atom. The van der Waals surface area contributed by atoms with Crippen LogP contribution in [-0.2, 0) is 10.0 Å². The maximum atomic E-state index is 12.2. The first-order valence-corrected chi connectivity index (χ1v) is 8.27. The Kier molecular flexibility index (Phi) is 4.60. The smallest absolute Gasteiger partial charge is 0.240 e. The minimum Gasteiger partial charge on any atom is -0.314 e. The van der Waals surface area contributed by atoms with E-state index in [9.17, 15) is 8.42 Å². The first kappa shape index (κ1) is 14.5. The summed E-state index contributed by atoms with van der Waals surface area (Å²) in [6.07, 6.45) is 3.18. The molecule has 1 fully saturated rings. The van der Waals surface area contributed by atoms with Crippen molar-refractivity contribution in [3.63, 3.8) is 0 Å². The molecule has 4 nitrogen and oxygen atoms in total. The van der Waals surface area contributed by atoms with Gasteiger partial charge in [-0.1, -0.05) is 6.07 Å². The predicted octanol–water partition coefficient (Wildman–Crippen LogP) is 1.72. The number of hydrogen-bond donors (Lipinski definition) is 2. The zero-order valence-electron chi connectivity index (χ0n) is 11.6. The van der Waals surface area contributed by atoms with Crippen LogP contribution in [-0.4, -0.2) is 27.5 Å². The lowest BCUT2D eigenvalue weighted by Crippen LogP contribution is -2.30.